The van der Waals surface area contributed by atoms with Gasteiger partial charge in [-0.15, -0.1) is 0 Å². The van der Waals surface area contributed by atoms with Crippen LogP contribution in [0.25, 0.3) is 0 Å². The second-order valence-electron chi connectivity index (χ2n) is 7.50. The second-order valence-corrected chi connectivity index (χ2v) is 7.91. The third kappa shape index (κ3) is 4.61. The van der Waals surface area contributed by atoms with Gasteiger partial charge in [0.25, 0.3) is 5.91 Å². The van der Waals surface area contributed by atoms with Crippen molar-refractivity contribution in [2.75, 3.05) is 24.5 Å². The number of halogens is 2. The van der Waals surface area contributed by atoms with Gasteiger partial charge < -0.3 is 14.5 Å². The fraction of sp³-hybridized carbons (Fsp3) is 0.261. The molecule has 0 unspecified atom stereocenters. The van der Waals surface area contributed by atoms with Crippen molar-refractivity contribution < 1.29 is 13.9 Å². The minimum Gasteiger partial charge on any atom is -0.439 e. The van der Waals surface area contributed by atoms with Gasteiger partial charge in [0.1, 0.15) is 23.7 Å². The van der Waals surface area contributed by atoms with Crippen LogP contribution in [0.1, 0.15) is 22.8 Å². The topological polar surface area (TPSA) is 58.6 Å². The van der Waals surface area contributed by atoms with Crippen molar-refractivity contribution in [1.82, 2.24) is 14.9 Å². The summed E-state index contributed by atoms with van der Waals surface area (Å²) in [7, 11) is 0. The minimum absolute atomic E-state index is 0.0313. The molecule has 4 rings (SSSR count). The molecule has 0 bridgehead atoms. The van der Waals surface area contributed by atoms with E-state index < -0.39 is 0 Å². The summed E-state index contributed by atoms with van der Waals surface area (Å²) in [6, 6.07) is 13.1. The fourth-order valence-corrected chi connectivity index (χ4v) is 3.87. The van der Waals surface area contributed by atoms with Gasteiger partial charge in [-0.25, -0.2) is 14.4 Å². The van der Waals surface area contributed by atoms with E-state index in [1.807, 2.05) is 24.0 Å². The van der Waals surface area contributed by atoms with Gasteiger partial charge in [0.15, 0.2) is 0 Å². The number of carbonyl (C=O) groups excluding carboxylic acids is 1. The lowest BCUT2D eigenvalue weighted by molar-refractivity contribution is 0.0674. The van der Waals surface area contributed by atoms with Crippen molar-refractivity contribution in [3.63, 3.8) is 0 Å². The number of rotatable bonds is 4. The van der Waals surface area contributed by atoms with E-state index in [0.29, 0.717) is 53.2 Å². The molecule has 0 spiro atoms. The van der Waals surface area contributed by atoms with Crippen molar-refractivity contribution in [3.8, 4) is 11.6 Å². The molecule has 0 N–H and O–H groups in total. The number of anilines is 1. The molecule has 0 radical (unpaired) electrons. The summed E-state index contributed by atoms with van der Waals surface area (Å²) < 4.78 is 19.2. The smallest absolute Gasteiger partial charge is 0.255 e. The molecule has 1 amide bonds. The van der Waals surface area contributed by atoms with E-state index in [1.54, 1.807) is 31.2 Å². The first-order valence-corrected chi connectivity index (χ1v) is 10.4. The third-order valence-electron chi connectivity index (χ3n) is 5.30. The molecule has 160 valence electrons. The summed E-state index contributed by atoms with van der Waals surface area (Å²) in [5.74, 6) is 1.24. The summed E-state index contributed by atoms with van der Waals surface area (Å²) in [6.07, 6.45) is 1.44. The average molecular weight is 441 g/mol. The highest BCUT2D eigenvalue weighted by Gasteiger charge is 2.29. The molecule has 3 aromatic rings. The maximum Gasteiger partial charge on any atom is 0.255 e. The number of hydrogen-bond donors (Lipinski definition) is 0. The first kappa shape index (κ1) is 21.1. The zero-order valence-electron chi connectivity index (χ0n) is 17.3. The predicted octanol–water partition coefficient (Wildman–Crippen LogP) is 4.72. The Balaban J connectivity index is 1.46. The highest BCUT2D eigenvalue weighted by atomic mass is 35.5. The molecule has 0 aliphatic carbocycles. The van der Waals surface area contributed by atoms with Crippen LogP contribution in [0, 0.1) is 12.7 Å². The molecule has 1 saturated heterocycles. The lowest BCUT2D eigenvalue weighted by Gasteiger charge is -2.40. The number of aryl methyl sites for hydroxylation is 1. The zero-order chi connectivity index (χ0) is 22.0. The first-order chi connectivity index (χ1) is 14.9. The Morgan fingerprint density at radius 1 is 1.16 bits per heavy atom. The molecule has 1 aliphatic rings. The van der Waals surface area contributed by atoms with E-state index in [4.69, 9.17) is 16.3 Å². The number of benzene rings is 2. The minimum atomic E-state index is -0.313. The molecule has 31 heavy (non-hydrogen) atoms. The maximum atomic E-state index is 13.3. The van der Waals surface area contributed by atoms with Crippen molar-refractivity contribution in [3.05, 3.63) is 76.8 Å². The molecular formula is C23H22ClFN4O2. The van der Waals surface area contributed by atoms with E-state index >= 15 is 0 Å². The average Bonchev–Trinajstić information content (AvgIpc) is 2.76. The second kappa shape index (κ2) is 8.89. The molecule has 1 aliphatic heterocycles. The SMILES string of the molecule is Cc1cc(F)ccc1Oc1cc(N2CCN(C(=O)c3ccccc3Cl)[C@H](C)C2)ncn1. The quantitative estimate of drug-likeness (QED) is 0.587. The molecular weight excluding hydrogens is 419 g/mol. The highest BCUT2D eigenvalue weighted by Crippen LogP contribution is 2.27. The van der Waals surface area contributed by atoms with Gasteiger partial charge in [0.05, 0.1) is 10.6 Å². The monoisotopic (exact) mass is 440 g/mol. The molecule has 8 heteroatoms. The zero-order valence-corrected chi connectivity index (χ0v) is 18.0. The molecule has 2 heterocycles. The van der Waals surface area contributed by atoms with Crippen LogP contribution in [0.2, 0.25) is 5.02 Å². The van der Waals surface area contributed by atoms with Crippen LogP contribution in [-0.2, 0) is 0 Å². The first-order valence-electron chi connectivity index (χ1n) is 9.99. The van der Waals surface area contributed by atoms with E-state index in [1.165, 1.54) is 18.5 Å². The molecule has 1 fully saturated rings. The Morgan fingerprint density at radius 2 is 1.97 bits per heavy atom. The Morgan fingerprint density at radius 3 is 2.71 bits per heavy atom. The number of piperazine rings is 1. The highest BCUT2D eigenvalue weighted by molar-refractivity contribution is 6.33. The lowest BCUT2D eigenvalue weighted by atomic mass is 10.1. The van der Waals surface area contributed by atoms with Gasteiger partial charge in [-0.05, 0) is 49.7 Å². The number of amides is 1. The number of nitrogens with zero attached hydrogens (tertiary/aromatic N) is 4. The van der Waals surface area contributed by atoms with Crippen LogP contribution in [0.4, 0.5) is 10.2 Å². The van der Waals surface area contributed by atoms with Gasteiger partial charge in [0.2, 0.25) is 5.88 Å². The summed E-state index contributed by atoms with van der Waals surface area (Å²) in [5, 5.41) is 0.454. The van der Waals surface area contributed by atoms with Crippen LogP contribution < -0.4 is 9.64 Å². The number of hydrogen-bond acceptors (Lipinski definition) is 5. The third-order valence-corrected chi connectivity index (χ3v) is 5.63. The number of ether oxygens (including phenoxy) is 1. The van der Waals surface area contributed by atoms with Crippen molar-refractivity contribution in [2.24, 2.45) is 0 Å². The summed E-state index contributed by atoms with van der Waals surface area (Å²) in [4.78, 5) is 25.4. The Bertz CT molecular complexity index is 1110. The van der Waals surface area contributed by atoms with Crippen LogP contribution in [0.5, 0.6) is 11.6 Å². The van der Waals surface area contributed by atoms with Crippen molar-refractivity contribution >= 4 is 23.3 Å². The van der Waals surface area contributed by atoms with Gasteiger partial charge >= 0.3 is 0 Å². The predicted molar refractivity (Wildman–Crippen MR) is 117 cm³/mol. The van der Waals surface area contributed by atoms with Gasteiger partial charge in [-0.2, -0.15) is 0 Å². The molecule has 6 nitrogen and oxygen atoms in total. The normalized spacial score (nSPS) is 16.3. The van der Waals surface area contributed by atoms with Gasteiger partial charge in [0, 0.05) is 31.7 Å². The molecule has 2 aromatic carbocycles. The van der Waals surface area contributed by atoms with Crippen LogP contribution >= 0.6 is 11.6 Å². The van der Waals surface area contributed by atoms with E-state index in [0.717, 1.165) is 0 Å². The Kier molecular flexibility index (Phi) is 6.04. The van der Waals surface area contributed by atoms with Gasteiger partial charge in [-0.1, -0.05) is 23.7 Å². The van der Waals surface area contributed by atoms with Crippen LogP contribution in [0.3, 0.4) is 0 Å². The number of aromatic nitrogens is 2. The van der Waals surface area contributed by atoms with Crippen LogP contribution in [-0.4, -0.2) is 46.5 Å². The van der Waals surface area contributed by atoms with Crippen molar-refractivity contribution in [1.29, 1.82) is 0 Å². The summed E-state index contributed by atoms with van der Waals surface area (Å²) in [5.41, 5.74) is 1.19. The van der Waals surface area contributed by atoms with E-state index in [-0.39, 0.29) is 17.8 Å². The standard InChI is InChI=1S/C23H22ClFN4O2/c1-15-11-17(25)7-8-20(15)31-22-12-21(26-14-27-22)28-9-10-29(16(2)13-28)23(30)18-5-3-4-6-19(18)24/h3-8,11-12,14,16H,9-10,13H2,1-2H3/t16-/m1/s1. The molecule has 0 saturated carbocycles. The van der Waals surface area contributed by atoms with E-state index in [2.05, 4.69) is 14.9 Å². The summed E-state index contributed by atoms with van der Waals surface area (Å²) in [6.45, 7) is 5.55. The number of carbonyl (C=O) groups is 1. The lowest BCUT2D eigenvalue weighted by Crippen LogP contribution is -2.54. The van der Waals surface area contributed by atoms with Crippen LogP contribution in [0.15, 0.2) is 54.9 Å². The van der Waals surface area contributed by atoms with Gasteiger partial charge in [-0.3, -0.25) is 4.79 Å². The molecule has 1 aromatic heterocycles. The fourth-order valence-electron chi connectivity index (χ4n) is 3.66. The summed E-state index contributed by atoms with van der Waals surface area (Å²) >= 11 is 6.20. The molecule has 1 atom stereocenters. The Hall–Kier alpha value is -3.19. The largest absolute Gasteiger partial charge is 0.439 e. The maximum absolute atomic E-state index is 13.3. The Labute approximate surface area is 185 Å². The van der Waals surface area contributed by atoms with E-state index in [9.17, 15) is 9.18 Å². The van der Waals surface area contributed by atoms with Crippen molar-refractivity contribution in [2.45, 2.75) is 19.9 Å².